The molecular weight excluding hydrogens is 198 g/mol. The predicted molar refractivity (Wildman–Crippen MR) is 56.3 cm³/mol. The maximum absolute atomic E-state index is 9.97. The largest absolute Gasteiger partial charge is 0.386 e. The zero-order chi connectivity index (χ0) is 9.80. The van der Waals surface area contributed by atoms with Crippen molar-refractivity contribution in [2.24, 2.45) is 0 Å². The van der Waals surface area contributed by atoms with Crippen LogP contribution >= 0.6 is 11.8 Å². The van der Waals surface area contributed by atoms with Gasteiger partial charge in [0.25, 0.3) is 0 Å². The van der Waals surface area contributed by atoms with Crippen LogP contribution in [-0.4, -0.2) is 34.3 Å². The molecule has 1 aliphatic heterocycles. The van der Waals surface area contributed by atoms with Crippen molar-refractivity contribution in [1.82, 2.24) is 4.98 Å². The van der Waals surface area contributed by atoms with E-state index in [0.29, 0.717) is 0 Å². The number of aliphatic hydroxyl groups is 1. The van der Waals surface area contributed by atoms with Crippen LogP contribution in [0.5, 0.6) is 0 Å². The molecule has 1 aliphatic rings. The molecule has 1 aromatic heterocycles. The lowest BCUT2D eigenvalue weighted by molar-refractivity contribution is -0.0228. The number of thioether (sulfide) groups is 1. The Morgan fingerprint density at radius 2 is 2.57 bits per heavy atom. The Kier molecular flexibility index (Phi) is 3.39. The fourth-order valence-corrected chi connectivity index (χ4v) is 2.35. The minimum atomic E-state index is -0.545. The molecule has 2 atom stereocenters. The third-order valence-electron chi connectivity index (χ3n) is 2.22. The van der Waals surface area contributed by atoms with Gasteiger partial charge in [0.1, 0.15) is 6.10 Å². The summed E-state index contributed by atoms with van der Waals surface area (Å²) in [5.74, 6) is 1.88. The standard InChI is InChI=1S/C10H13NO2S/c12-10(8-2-1-3-11-6-8)9-7-14-5-4-13-9/h1-3,6,9-10,12H,4-5,7H2. The molecule has 0 aromatic carbocycles. The minimum Gasteiger partial charge on any atom is -0.386 e. The van der Waals surface area contributed by atoms with Gasteiger partial charge in [-0.3, -0.25) is 4.98 Å². The van der Waals surface area contributed by atoms with Crippen molar-refractivity contribution < 1.29 is 9.84 Å². The molecule has 1 saturated heterocycles. The number of pyridine rings is 1. The van der Waals surface area contributed by atoms with E-state index in [2.05, 4.69) is 4.98 Å². The van der Waals surface area contributed by atoms with Gasteiger partial charge in [0.15, 0.2) is 0 Å². The van der Waals surface area contributed by atoms with Gasteiger partial charge in [-0.15, -0.1) is 0 Å². The molecule has 0 bridgehead atoms. The maximum Gasteiger partial charge on any atom is 0.107 e. The van der Waals surface area contributed by atoms with Gasteiger partial charge in [0.05, 0.1) is 12.7 Å². The summed E-state index contributed by atoms with van der Waals surface area (Å²) >= 11 is 1.82. The van der Waals surface area contributed by atoms with Crippen LogP contribution in [0.4, 0.5) is 0 Å². The fraction of sp³-hybridized carbons (Fsp3) is 0.500. The number of ether oxygens (including phenoxy) is 1. The highest BCUT2D eigenvalue weighted by Crippen LogP contribution is 2.24. The fourth-order valence-electron chi connectivity index (χ4n) is 1.45. The Balaban J connectivity index is 2.03. The third-order valence-corrected chi connectivity index (χ3v) is 3.24. The van der Waals surface area contributed by atoms with E-state index in [0.717, 1.165) is 23.7 Å². The predicted octanol–water partition coefficient (Wildman–Crippen LogP) is 1.25. The molecule has 2 unspecified atom stereocenters. The van der Waals surface area contributed by atoms with Crippen LogP contribution in [0.25, 0.3) is 0 Å². The molecule has 0 spiro atoms. The van der Waals surface area contributed by atoms with Crippen molar-refractivity contribution in [2.45, 2.75) is 12.2 Å². The number of aliphatic hydroxyl groups excluding tert-OH is 1. The number of hydrogen-bond donors (Lipinski definition) is 1. The topological polar surface area (TPSA) is 42.4 Å². The maximum atomic E-state index is 9.97. The average Bonchev–Trinajstić information content (AvgIpc) is 2.30. The average molecular weight is 211 g/mol. The van der Waals surface area contributed by atoms with E-state index < -0.39 is 6.10 Å². The molecule has 14 heavy (non-hydrogen) atoms. The third kappa shape index (κ3) is 2.26. The molecule has 0 aliphatic carbocycles. The number of hydrogen-bond acceptors (Lipinski definition) is 4. The SMILES string of the molecule is OC(c1cccnc1)C1CSCCO1. The second-order valence-electron chi connectivity index (χ2n) is 3.22. The zero-order valence-corrected chi connectivity index (χ0v) is 8.61. The van der Waals surface area contributed by atoms with Gasteiger partial charge < -0.3 is 9.84 Å². The molecular formula is C10H13NO2S. The van der Waals surface area contributed by atoms with Crippen molar-refractivity contribution in [3.05, 3.63) is 30.1 Å². The zero-order valence-electron chi connectivity index (χ0n) is 7.80. The number of aromatic nitrogens is 1. The van der Waals surface area contributed by atoms with Crippen molar-refractivity contribution in [3.8, 4) is 0 Å². The highest BCUT2D eigenvalue weighted by molar-refractivity contribution is 7.99. The van der Waals surface area contributed by atoms with E-state index in [1.807, 2.05) is 23.9 Å². The number of nitrogens with zero attached hydrogens (tertiary/aromatic N) is 1. The van der Waals surface area contributed by atoms with E-state index in [9.17, 15) is 5.11 Å². The van der Waals surface area contributed by atoms with E-state index in [1.165, 1.54) is 0 Å². The Labute approximate surface area is 87.5 Å². The highest BCUT2D eigenvalue weighted by Gasteiger charge is 2.24. The summed E-state index contributed by atoms with van der Waals surface area (Å²) in [7, 11) is 0. The van der Waals surface area contributed by atoms with Gasteiger partial charge in [-0.05, 0) is 6.07 Å². The molecule has 1 N–H and O–H groups in total. The van der Waals surface area contributed by atoms with Crippen molar-refractivity contribution in [1.29, 1.82) is 0 Å². The summed E-state index contributed by atoms with van der Waals surface area (Å²) in [4.78, 5) is 3.98. The van der Waals surface area contributed by atoms with Gasteiger partial charge in [-0.1, -0.05) is 6.07 Å². The van der Waals surface area contributed by atoms with Gasteiger partial charge in [0.2, 0.25) is 0 Å². The van der Waals surface area contributed by atoms with Crippen LogP contribution < -0.4 is 0 Å². The summed E-state index contributed by atoms with van der Waals surface area (Å²) in [6.45, 7) is 0.729. The first-order valence-electron chi connectivity index (χ1n) is 4.65. The molecule has 0 amide bonds. The van der Waals surface area contributed by atoms with E-state index in [-0.39, 0.29) is 6.10 Å². The summed E-state index contributed by atoms with van der Waals surface area (Å²) in [6.07, 6.45) is 2.76. The van der Waals surface area contributed by atoms with E-state index >= 15 is 0 Å². The molecule has 1 aromatic rings. The Hall–Kier alpha value is -0.580. The first-order valence-corrected chi connectivity index (χ1v) is 5.81. The molecule has 1 fully saturated rings. The van der Waals surface area contributed by atoms with Crippen LogP contribution in [0.2, 0.25) is 0 Å². The minimum absolute atomic E-state index is 0.0852. The van der Waals surface area contributed by atoms with E-state index in [4.69, 9.17) is 4.74 Å². The van der Waals surface area contributed by atoms with Crippen molar-refractivity contribution >= 4 is 11.8 Å². The lowest BCUT2D eigenvalue weighted by Crippen LogP contribution is -2.29. The first-order chi connectivity index (χ1) is 6.88. The second-order valence-corrected chi connectivity index (χ2v) is 4.37. The Bertz CT molecular complexity index is 275. The molecule has 0 radical (unpaired) electrons. The van der Waals surface area contributed by atoms with Gasteiger partial charge >= 0.3 is 0 Å². The summed E-state index contributed by atoms with van der Waals surface area (Å²) < 4.78 is 5.50. The van der Waals surface area contributed by atoms with Crippen molar-refractivity contribution in [2.75, 3.05) is 18.1 Å². The van der Waals surface area contributed by atoms with Crippen LogP contribution in [0.15, 0.2) is 24.5 Å². The molecule has 76 valence electrons. The second kappa shape index (κ2) is 4.77. The smallest absolute Gasteiger partial charge is 0.107 e. The highest BCUT2D eigenvalue weighted by atomic mass is 32.2. The lowest BCUT2D eigenvalue weighted by atomic mass is 10.1. The summed E-state index contributed by atoms with van der Waals surface area (Å²) in [6, 6.07) is 3.70. The molecule has 2 rings (SSSR count). The van der Waals surface area contributed by atoms with Crippen molar-refractivity contribution in [3.63, 3.8) is 0 Å². The van der Waals surface area contributed by atoms with Gasteiger partial charge in [-0.25, -0.2) is 0 Å². The molecule has 0 saturated carbocycles. The van der Waals surface area contributed by atoms with Crippen LogP contribution in [0.3, 0.4) is 0 Å². The summed E-state index contributed by atoms with van der Waals surface area (Å²) in [5, 5.41) is 9.97. The summed E-state index contributed by atoms with van der Waals surface area (Å²) in [5.41, 5.74) is 0.833. The number of rotatable bonds is 2. The lowest BCUT2D eigenvalue weighted by Gasteiger charge is -2.26. The molecule has 2 heterocycles. The van der Waals surface area contributed by atoms with Crippen LogP contribution in [0, 0.1) is 0 Å². The van der Waals surface area contributed by atoms with Gasteiger partial charge in [-0.2, -0.15) is 11.8 Å². The first kappa shape index (κ1) is 9.96. The van der Waals surface area contributed by atoms with Crippen LogP contribution in [0.1, 0.15) is 11.7 Å². The Morgan fingerprint density at radius 3 is 3.21 bits per heavy atom. The Morgan fingerprint density at radius 1 is 1.64 bits per heavy atom. The molecule has 3 nitrogen and oxygen atoms in total. The van der Waals surface area contributed by atoms with Gasteiger partial charge in [0, 0.05) is 29.5 Å². The normalized spacial score (nSPS) is 24.5. The monoisotopic (exact) mass is 211 g/mol. The van der Waals surface area contributed by atoms with Crippen LogP contribution in [-0.2, 0) is 4.74 Å². The van der Waals surface area contributed by atoms with E-state index in [1.54, 1.807) is 12.4 Å². The molecule has 4 heteroatoms. The quantitative estimate of drug-likeness (QED) is 0.799.